The quantitative estimate of drug-likeness (QED) is 0.568. The van der Waals surface area contributed by atoms with Crippen LogP contribution in [0.25, 0.3) is 0 Å². The summed E-state index contributed by atoms with van der Waals surface area (Å²) in [6, 6.07) is 0.745. The highest BCUT2D eigenvalue weighted by Crippen LogP contribution is 2.16. The molecule has 4 nitrogen and oxygen atoms in total. The Morgan fingerprint density at radius 3 is 2.83 bits per heavy atom. The first-order chi connectivity index (χ1) is 5.72. The van der Waals surface area contributed by atoms with E-state index in [0.29, 0.717) is 25.2 Å². The van der Waals surface area contributed by atoms with Gasteiger partial charge in [0.05, 0.1) is 13.2 Å². The molecule has 0 unspecified atom stereocenters. The van der Waals surface area contributed by atoms with Gasteiger partial charge in [-0.25, -0.2) is 0 Å². The average molecular weight is 172 g/mol. The van der Waals surface area contributed by atoms with Crippen LogP contribution in [0.4, 0.5) is 0 Å². The average Bonchev–Trinajstić information content (AvgIpc) is 1.96. The van der Waals surface area contributed by atoms with Crippen molar-refractivity contribution in [2.75, 3.05) is 13.2 Å². The molecular formula is C8H16N2O2. The standard InChI is InChI=1S/C8H16N2O2/c1-2-12-8(11)5-10-7-3-6(9)4-7/h6-7,10H,2-5,9H2,1H3. The van der Waals surface area contributed by atoms with E-state index in [-0.39, 0.29) is 5.97 Å². The molecule has 0 aromatic carbocycles. The number of carbonyl (C=O) groups excluding carboxylic acids is 1. The van der Waals surface area contributed by atoms with Crippen LogP contribution in [-0.2, 0) is 9.53 Å². The zero-order valence-corrected chi connectivity index (χ0v) is 7.38. The van der Waals surface area contributed by atoms with Crippen LogP contribution >= 0.6 is 0 Å². The molecule has 0 spiro atoms. The third-order valence-electron chi connectivity index (χ3n) is 2.01. The Balaban J connectivity index is 1.98. The van der Waals surface area contributed by atoms with Gasteiger partial charge in [0.2, 0.25) is 0 Å². The largest absolute Gasteiger partial charge is 0.465 e. The number of nitrogens with two attached hydrogens (primary N) is 1. The van der Waals surface area contributed by atoms with Crippen LogP contribution in [0.3, 0.4) is 0 Å². The van der Waals surface area contributed by atoms with Crippen molar-refractivity contribution in [1.29, 1.82) is 0 Å². The van der Waals surface area contributed by atoms with E-state index >= 15 is 0 Å². The number of nitrogens with one attached hydrogen (secondary N) is 1. The zero-order chi connectivity index (χ0) is 8.97. The molecule has 0 aromatic heterocycles. The third-order valence-corrected chi connectivity index (χ3v) is 2.01. The van der Waals surface area contributed by atoms with E-state index in [9.17, 15) is 4.79 Å². The molecule has 1 aliphatic carbocycles. The predicted molar refractivity (Wildman–Crippen MR) is 45.6 cm³/mol. The van der Waals surface area contributed by atoms with Crippen molar-refractivity contribution >= 4 is 5.97 Å². The molecule has 0 atom stereocenters. The summed E-state index contributed by atoms with van der Waals surface area (Å²) in [5.74, 6) is -0.182. The second-order valence-corrected chi connectivity index (χ2v) is 3.11. The summed E-state index contributed by atoms with van der Waals surface area (Å²) in [7, 11) is 0. The molecule has 0 amide bonds. The molecule has 3 N–H and O–H groups in total. The van der Waals surface area contributed by atoms with Gasteiger partial charge in [0.15, 0.2) is 0 Å². The predicted octanol–water partition coefficient (Wildman–Crippen LogP) is -0.371. The van der Waals surface area contributed by atoms with Crippen molar-refractivity contribution in [3.8, 4) is 0 Å². The SMILES string of the molecule is CCOC(=O)CNC1CC(N)C1. The van der Waals surface area contributed by atoms with Gasteiger partial charge in [-0.3, -0.25) is 4.79 Å². The Morgan fingerprint density at radius 1 is 1.67 bits per heavy atom. The molecule has 0 radical (unpaired) electrons. The van der Waals surface area contributed by atoms with E-state index in [0.717, 1.165) is 12.8 Å². The number of ether oxygens (including phenoxy) is 1. The van der Waals surface area contributed by atoms with Gasteiger partial charge in [-0.1, -0.05) is 0 Å². The molecule has 0 aliphatic heterocycles. The minimum absolute atomic E-state index is 0.182. The second kappa shape index (κ2) is 4.42. The molecule has 0 bridgehead atoms. The monoisotopic (exact) mass is 172 g/mol. The molecule has 0 heterocycles. The molecule has 0 aromatic rings. The first-order valence-corrected chi connectivity index (χ1v) is 4.37. The fourth-order valence-corrected chi connectivity index (χ4v) is 1.27. The smallest absolute Gasteiger partial charge is 0.319 e. The maximum atomic E-state index is 10.9. The zero-order valence-electron chi connectivity index (χ0n) is 7.38. The summed E-state index contributed by atoms with van der Waals surface area (Å²) in [5, 5.41) is 3.08. The van der Waals surface area contributed by atoms with Crippen molar-refractivity contribution in [1.82, 2.24) is 5.32 Å². The lowest BCUT2D eigenvalue weighted by Gasteiger charge is -2.32. The Labute approximate surface area is 72.5 Å². The van der Waals surface area contributed by atoms with Crippen molar-refractivity contribution in [3.05, 3.63) is 0 Å². The van der Waals surface area contributed by atoms with Crippen LogP contribution in [0.1, 0.15) is 19.8 Å². The molecular weight excluding hydrogens is 156 g/mol. The van der Waals surface area contributed by atoms with Crippen molar-refractivity contribution in [2.45, 2.75) is 31.8 Å². The number of hydrogen-bond acceptors (Lipinski definition) is 4. The molecule has 1 saturated carbocycles. The lowest BCUT2D eigenvalue weighted by Crippen LogP contribution is -2.49. The van der Waals surface area contributed by atoms with Gasteiger partial charge in [0.1, 0.15) is 0 Å². The van der Waals surface area contributed by atoms with Crippen LogP contribution in [0, 0.1) is 0 Å². The molecule has 12 heavy (non-hydrogen) atoms. The maximum absolute atomic E-state index is 10.9. The molecule has 1 fully saturated rings. The lowest BCUT2D eigenvalue weighted by molar-refractivity contribution is -0.142. The summed E-state index contributed by atoms with van der Waals surface area (Å²) in [6.45, 7) is 2.56. The molecule has 4 heteroatoms. The van der Waals surface area contributed by atoms with Gasteiger partial charge < -0.3 is 15.8 Å². The number of rotatable bonds is 4. The van der Waals surface area contributed by atoms with E-state index in [1.807, 2.05) is 0 Å². The summed E-state index contributed by atoms with van der Waals surface area (Å²) in [5.41, 5.74) is 5.58. The van der Waals surface area contributed by atoms with Crippen molar-refractivity contribution in [3.63, 3.8) is 0 Å². The summed E-state index contributed by atoms with van der Waals surface area (Å²) >= 11 is 0. The number of carbonyl (C=O) groups is 1. The lowest BCUT2D eigenvalue weighted by atomic mass is 9.88. The van der Waals surface area contributed by atoms with Gasteiger partial charge in [0, 0.05) is 12.1 Å². The van der Waals surface area contributed by atoms with Crippen LogP contribution < -0.4 is 11.1 Å². The van der Waals surface area contributed by atoms with Crippen LogP contribution in [0.5, 0.6) is 0 Å². The normalized spacial score (nSPS) is 27.8. The Hall–Kier alpha value is -0.610. The molecule has 1 rings (SSSR count). The van der Waals surface area contributed by atoms with Crippen LogP contribution in [0.2, 0.25) is 0 Å². The first-order valence-electron chi connectivity index (χ1n) is 4.37. The fourth-order valence-electron chi connectivity index (χ4n) is 1.27. The van der Waals surface area contributed by atoms with E-state index in [4.69, 9.17) is 10.5 Å². The number of esters is 1. The first kappa shape index (κ1) is 9.48. The highest BCUT2D eigenvalue weighted by molar-refractivity contribution is 5.71. The summed E-state index contributed by atoms with van der Waals surface area (Å²) in [6.07, 6.45) is 1.94. The van der Waals surface area contributed by atoms with E-state index < -0.39 is 0 Å². The fraction of sp³-hybridized carbons (Fsp3) is 0.875. The molecule has 0 saturated heterocycles. The minimum atomic E-state index is -0.182. The third kappa shape index (κ3) is 2.79. The van der Waals surface area contributed by atoms with Gasteiger partial charge in [-0.05, 0) is 19.8 Å². The minimum Gasteiger partial charge on any atom is -0.465 e. The molecule has 70 valence electrons. The Morgan fingerprint density at radius 2 is 2.33 bits per heavy atom. The van der Waals surface area contributed by atoms with E-state index in [2.05, 4.69) is 5.32 Å². The second-order valence-electron chi connectivity index (χ2n) is 3.11. The Kier molecular flexibility index (Phi) is 3.49. The highest BCUT2D eigenvalue weighted by atomic mass is 16.5. The van der Waals surface area contributed by atoms with Gasteiger partial charge >= 0.3 is 5.97 Å². The van der Waals surface area contributed by atoms with Crippen LogP contribution in [-0.4, -0.2) is 31.2 Å². The van der Waals surface area contributed by atoms with E-state index in [1.54, 1.807) is 6.92 Å². The summed E-state index contributed by atoms with van der Waals surface area (Å²) < 4.78 is 4.76. The molecule has 1 aliphatic rings. The van der Waals surface area contributed by atoms with Crippen LogP contribution in [0.15, 0.2) is 0 Å². The topological polar surface area (TPSA) is 64.3 Å². The van der Waals surface area contributed by atoms with Gasteiger partial charge in [-0.15, -0.1) is 0 Å². The van der Waals surface area contributed by atoms with Gasteiger partial charge in [-0.2, -0.15) is 0 Å². The van der Waals surface area contributed by atoms with E-state index in [1.165, 1.54) is 0 Å². The highest BCUT2D eigenvalue weighted by Gasteiger charge is 2.25. The number of hydrogen-bond donors (Lipinski definition) is 2. The van der Waals surface area contributed by atoms with Crippen molar-refractivity contribution in [2.24, 2.45) is 5.73 Å². The Bertz CT molecular complexity index is 155. The summed E-state index contributed by atoms with van der Waals surface area (Å²) in [4.78, 5) is 10.9. The maximum Gasteiger partial charge on any atom is 0.319 e. The van der Waals surface area contributed by atoms with Crippen molar-refractivity contribution < 1.29 is 9.53 Å². The van der Waals surface area contributed by atoms with Gasteiger partial charge in [0.25, 0.3) is 0 Å².